The molecule has 0 saturated heterocycles. The van der Waals surface area contributed by atoms with Crippen LogP contribution in [0, 0.1) is 11.6 Å². The Labute approximate surface area is 106 Å². The lowest BCUT2D eigenvalue weighted by molar-refractivity contribution is 0.627. The largest absolute Gasteiger partial charge is 0.207 e. The van der Waals surface area contributed by atoms with Crippen LogP contribution in [-0.2, 0) is 12.8 Å². The molecule has 2 heteroatoms. The minimum atomic E-state index is -0.233. The lowest BCUT2D eigenvalue weighted by Crippen LogP contribution is -1.94. The summed E-state index contributed by atoms with van der Waals surface area (Å²) in [5, 5.41) is 0. The average Bonchev–Trinajstić information content (AvgIpc) is 2.35. The predicted molar refractivity (Wildman–Crippen MR) is 69.3 cm³/mol. The van der Waals surface area contributed by atoms with E-state index in [4.69, 9.17) is 0 Å². The number of hydrogen-bond donors (Lipinski definition) is 0. The first-order chi connectivity index (χ1) is 8.63. The quantitative estimate of drug-likeness (QED) is 0.703. The molecule has 2 aromatic carbocycles. The van der Waals surface area contributed by atoms with Crippen molar-refractivity contribution in [2.45, 2.75) is 12.8 Å². The monoisotopic (exact) mass is 244 g/mol. The van der Waals surface area contributed by atoms with Crippen LogP contribution in [0.5, 0.6) is 0 Å². The van der Waals surface area contributed by atoms with E-state index >= 15 is 0 Å². The van der Waals surface area contributed by atoms with Crippen LogP contribution in [0.3, 0.4) is 0 Å². The fourth-order valence-corrected chi connectivity index (χ4v) is 1.84. The van der Waals surface area contributed by atoms with Crippen molar-refractivity contribution in [3.8, 4) is 0 Å². The van der Waals surface area contributed by atoms with Crippen LogP contribution in [-0.4, -0.2) is 0 Å². The van der Waals surface area contributed by atoms with Gasteiger partial charge < -0.3 is 0 Å². The van der Waals surface area contributed by atoms with Crippen molar-refractivity contribution in [3.05, 3.63) is 83.4 Å². The molecule has 0 aromatic heterocycles. The van der Waals surface area contributed by atoms with Crippen molar-refractivity contribution in [2.24, 2.45) is 0 Å². The highest BCUT2D eigenvalue weighted by molar-refractivity contribution is 5.26. The van der Waals surface area contributed by atoms with Crippen molar-refractivity contribution in [2.75, 3.05) is 0 Å². The van der Waals surface area contributed by atoms with E-state index in [2.05, 4.69) is 6.58 Å². The Morgan fingerprint density at radius 2 is 1.06 bits per heavy atom. The fourth-order valence-electron chi connectivity index (χ4n) is 1.84. The standard InChI is InChI=1S/C16H14F2/c1-12(10-13-2-6-15(17)7-3-13)11-14-4-8-16(18)9-5-14/h2-9H,1,10-11H2. The number of hydrogen-bond acceptors (Lipinski definition) is 0. The molecule has 18 heavy (non-hydrogen) atoms. The highest BCUT2D eigenvalue weighted by atomic mass is 19.1. The summed E-state index contributed by atoms with van der Waals surface area (Å²) in [6, 6.07) is 12.8. The minimum Gasteiger partial charge on any atom is -0.207 e. The highest BCUT2D eigenvalue weighted by Gasteiger charge is 2.01. The van der Waals surface area contributed by atoms with Gasteiger partial charge in [0.15, 0.2) is 0 Å². The minimum absolute atomic E-state index is 0.233. The van der Waals surface area contributed by atoms with Crippen LogP contribution in [0.1, 0.15) is 11.1 Å². The molecule has 0 nitrogen and oxygen atoms in total. The van der Waals surface area contributed by atoms with Gasteiger partial charge in [-0.25, -0.2) is 8.78 Å². The maximum atomic E-state index is 12.8. The van der Waals surface area contributed by atoms with Crippen LogP contribution < -0.4 is 0 Å². The van der Waals surface area contributed by atoms with Crippen molar-refractivity contribution in [1.82, 2.24) is 0 Å². The first-order valence-corrected chi connectivity index (χ1v) is 5.79. The summed E-state index contributed by atoms with van der Waals surface area (Å²) in [6.07, 6.45) is 1.41. The van der Waals surface area contributed by atoms with Gasteiger partial charge in [-0.1, -0.05) is 36.4 Å². The van der Waals surface area contributed by atoms with Crippen LogP contribution in [0.2, 0.25) is 0 Å². The Hall–Kier alpha value is -1.96. The SMILES string of the molecule is C=C(Cc1ccc(F)cc1)Cc1ccc(F)cc1. The van der Waals surface area contributed by atoms with E-state index in [1.165, 1.54) is 24.3 Å². The molecule has 0 aliphatic rings. The lowest BCUT2D eigenvalue weighted by atomic mass is 10.00. The molecule has 0 saturated carbocycles. The zero-order valence-corrected chi connectivity index (χ0v) is 10.00. The maximum Gasteiger partial charge on any atom is 0.123 e. The molecule has 2 rings (SSSR count). The molecule has 2 aromatic rings. The molecule has 0 atom stereocenters. The van der Waals surface area contributed by atoms with Crippen molar-refractivity contribution < 1.29 is 8.78 Å². The average molecular weight is 244 g/mol. The summed E-state index contributed by atoms with van der Waals surface area (Å²) >= 11 is 0. The number of rotatable bonds is 4. The maximum absolute atomic E-state index is 12.8. The van der Waals surface area contributed by atoms with Crippen molar-refractivity contribution in [1.29, 1.82) is 0 Å². The van der Waals surface area contributed by atoms with Gasteiger partial charge in [-0.15, -0.1) is 0 Å². The molecule has 0 aliphatic heterocycles. The fraction of sp³-hybridized carbons (Fsp3) is 0.125. The van der Waals surface area contributed by atoms with E-state index in [0.717, 1.165) is 16.7 Å². The summed E-state index contributed by atoms with van der Waals surface area (Å²) in [6.45, 7) is 4.00. The van der Waals surface area contributed by atoms with Crippen LogP contribution in [0.4, 0.5) is 8.78 Å². The van der Waals surface area contributed by atoms with Gasteiger partial charge in [0.1, 0.15) is 11.6 Å². The molecule has 0 heterocycles. The van der Waals surface area contributed by atoms with Gasteiger partial charge in [-0.2, -0.15) is 0 Å². The molecule has 0 N–H and O–H groups in total. The van der Waals surface area contributed by atoms with Crippen molar-refractivity contribution >= 4 is 0 Å². The van der Waals surface area contributed by atoms with E-state index in [1.807, 2.05) is 0 Å². The summed E-state index contributed by atoms with van der Waals surface area (Å²) in [4.78, 5) is 0. The smallest absolute Gasteiger partial charge is 0.123 e. The van der Waals surface area contributed by atoms with Gasteiger partial charge in [0, 0.05) is 0 Å². The summed E-state index contributed by atoms with van der Waals surface area (Å²) < 4.78 is 25.5. The van der Waals surface area contributed by atoms with Gasteiger partial charge in [0.05, 0.1) is 0 Å². The zero-order valence-electron chi connectivity index (χ0n) is 10.00. The van der Waals surface area contributed by atoms with E-state index in [0.29, 0.717) is 12.8 Å². The first-order valence-electron chi connectivity index (χ1n) is 5.79. The molecular weight excluding hydrogens is 230 g/mol. The molecular formula is C16H14F2. The van der Waals surface area contributed by atoms with Gasteiger partial charge in [-0.3, -0.25) is 0 Å². The normalized spacial score (nSPS) is 10.3. The lowest BCUT2D eigenvalue weighted by Gasteiger charge is -2.06. The molecule has 92 valence electrons. The Morgan fingerprint density at radius 1 is 0.722 bits per heavy atom. The van der Waals surface area contributed by atoms with Crippen LogP contribution in [0.15, 0.2) is 60.7 Å². The third-order valence-electron chi connectivity index (χ3n) is 2.73. The van der Waals surface area contributed by atoms with Gasteiger partial charge in [0.25, 0.3) is 0 Å². The second-order valence-corrected chi connectivity index (χ2v) is 4.36. The van der Waals surface area contributed by atoms with Gasteiger partial charge >= 0.3 is 0 Å². The molecule has 0 unspecified atom stereocenters. The van der Waals surface area contributed by atoms with Crippen LogP contribution in [0.25, 0.3) is 0 Å². The van der Waals surface area contributed by atoms with Gasteiger partial charge in [-0.05, 0) is 48.2 Å². The summed E-state index contributed by atoms with van der Waals surface area (Å²) in [5.41, 5.74) is 3.08. The Morgan fingerprint density at radius 3 is 1.39 bits per heavy atom. The zero-order chi connectivity index (χ0) is 13.0. The topological polar surface area (TPSA) is 0 Å². The second kappa shape index (κ2) is 5.58. The van der Waals surface area contributed by atoms with E-state index < -0.39 is 0 Å². The van der Waals surface area contributed by atoms with Crippen LogP contribution >= 0.6 is 0 Å². The molecule has 0 spiro atoms. The molecule has 0 bridgehead atoms. The summed E-state index contributed by atoms with van der Waals surface area (Å²) in [7, 11) is 0. The third-order valence-corrected chi connectivity index (χ3v) is 2.73. The predicted octanol–water partition coefficient (Wildman–Crippen LogP) is 4.31. The first kappa shape index (κ1) is 12.5. The Bertz CT molecular complexity index is 475. The highest BCUT2D eigenvalue weighted by Crippen LogP contribution is 2.13. The molecule has 0 radical (unpaired) electrons. The summed E-state index contributed by atoms with van der Waals surface area (Å²) in [5.74, 6) is -0.467. The number of allylic oxidation sites excluding steroid dienone is 1. The van der Waals surface area contributed by atoms with E-state index in [9.17, 15) is 8.78 Å². The third kappa shape index (κ3) is 3.52. The Balaban J connectivity index is 1.96. The molecule has 0 fully saturated rings. The second-order valence-electron chi connectivity index (χ2n) is 4.36. The molecule has 0 aliphatic carbocycles. The van der Waals surface area contributed by atoms with E-state index in [1.54, 1.807) is 24.3 Å². The number of halogens is 2. The number of benzene rings is 2. The van der Waals surface area contributed by atoms with E-state index in [-0.39, 0.29) is 11.6 Å². The Kier molecular flexibility index (Phi) is 3.88. The van der Waals surface area contributed by atoms with Gasteiger partial charge in [0.2, 0.25) is 0 Å². The molecule has 0 amide bonds. The van der Waals surface area contributed by atoms with Crippen molar-refractivity contribution in [3.63, 3.8) is 0 Å².